The number of nitrogens with one attached hydrogen (secondary N) is 1. The van der Waals surface area contributed by atoms with E-state index in [0.717, 1.165) is 42.1 Å². The molecule has 0 aliphatic carbocycles. The van der Waals surface area contributed by atoms with Crippen LogP contribution in [-0.2, 0) is 13.2 Å². The first kappa shape index (κ1) is 13.7. The Morgan fingerprint density at radius 1 is 1.26 bits per heavy atom. The number of hydrogen-bond acceptors (Lipinski definition) is 3. The van der Waals surface area contributed by atoms with E-state index in [9.17, 15) is 0 Å². The van der Waals surface area contributed by atoms with Gasteiger partial charge in [0.15, 0.2) is 0 Å². The lowest BCUT2D eigenvalue weighted by atomic mass is 10.2. The van der Waals surface area contributed by atoms with Crippen molar-refractivity contribution in [2.75, 3.05) is 6.54 Å². The Morgan fingerprint density at radius 2 is 2.11 bits per heavy atom. The molecule has 0 spiro atoms. The number of furan rings is 1. The highest BCUT2D eigenvalue weighted by atomic mass is 16.5. The summed E-state index contributed by atoms with van der Waals surface area (Å²) in [4.78, 5) is 0. The van der Waals surface area contributed by atoms with Crippen molar-refractivity contribution in [1.82, 2.24) is 5.32 Å². The number of para-hydroxylation sites is 1. The fourth-order valence-electron chi connectivity index (χ4n) is 1.87. The van der Waals surface area contributed by atoms with Crippen LogP contribution in [0.3, 0.4) is 0 Å². The Kier molecular flexibility index (Phi) is 5.04. The topological polar surface area (TPSA) is 34.4 Å². The van der Waals surface area contributed by atoms with Crippen LogP contribution in [0.5, 0.6) is 5.75 Å². The van der Waals surface area contributed by atoms with Crippen LogP contribution >= 0.6 is 0 Å². The van der Waals surface area contributed by atoms with Crippen molar-refractivity contribution >= 4 is 0 Å². The minimum atomic E-state index is 0.471. The minimum absolute atomic E-state index is 0.471. The van der Waals surface area contributed by atoms with Gasteiger partial charge in [0.1, 0.15) is 18.1 Å². The third-order valence-electron chi connectivity index (χ3n) is 2.93. The molecule has 2 aromatic rings. The van der Waals surface area contributed by atoms with Gasteiger partial charge in [-0.1, -0.05) is 25.1 Å². The lowest BCUT2D eigenvalue weighted by molar-refractivity contribution is 0.268. The van der Waals surface area contributed by atoms with Gasteiger partial charge < -0.3 is 14.5 Å². The predicted octanol–water partition coefficient (Wildman–Crippen LogP) is 3.67. The largest absolute Gasteiger partial charge is 0.485 e. The van der Waals surface area contributed by atoms with Gasteiger partial charge in [-0.25, -0.2) is 0 Å². The summed E-state index contributed by atoms with van der Waals surface area (Å²) in [5.74, 6) is 1.76. The zero-order valence-electron chi connectivity index (χ0n) is 11.6. The maximum atomic E-state index is 5.75. The van der Waals surface area contributed by atoms with Gasteiger partial charge in [0.2, 0.25) is 0 Å². The zero-order valence-corrected chi connectivity index (χ0v) is 11.6. The molecule has 3 nitrogen and oxygen atoms in total. The van der Waals surface area contributed by atoms with Gasteiger partial charge in [0.25, 0.3) is 0 Å². The Balaban J connectivity index is 1.85. The molecular weight excluding hydrogens is 238 g/mol. The van der Waals surface area contributed by atoms with E-state index >= 15 is 0 Å². The normalized spacial score (nSPS) is 10.6. The van der Waals surface area contributed by atoms with Crippen molar-refractivity contribution in [3.8, 4) is 5.75 Å². The van der Waals surface area contributed by atoms with E-state index in [4.69, 9.17) is 9.15 Å². The van der Waals surface area contributed by atoms with Crippen molar-refractivity contribution in [3.05, 3.63) is 53.5 Å². The van der Waals surface area contributed by atoms with Crippen LogP contribution in [0.15, 0.2) is 41.0 Å². The summed E-state index contributed by atoms with van der Waals surface area (Å²) in [5, 5.41) is 3.35. The van der Waals surface area contributed by atoms with E-state index in [2.05, 4.69) is 12.2 Å². The molecule has 2 rings (SSSR count). The Hall–Kier alpha value is -1.74. The fraction of sp³-hybridized carbons (Fsp3) is 0.375. The maximum Gasteiger partial charge on any atom is 0.146 e. The summed E-state index contributed by atoms with van der Waals surface area (Å²) in [5.41, 5.74) is 2.30. The second-order valence-corrected chi connectivity index (χ2v) is 4.65. The van der Waals surface area contributed by atoms with Crippen molar-refractivity contribution in [1.29, 1.82) is 0 Å². The summed E-state index contributed by atoms with van der Waals surface area (Å²) in [6, 6.07) is 10.0. The van der Waals surface area contributed by atoms with Crippen LogP contribution in [0.2, 0.25) is 0 Å². The van der Waals surface area contributed by atoms with Crippen molar-refractivity contribution in [2.45, 2.75) is 33.4 Å². The molecule has 0 aliphatic rings. The molecule has 0 aliphatic heterocycles. The molecule has 1 aromatic heterocycles. The molecule has 0 saturated carbocycles. The van der Waals surface area contributed by atoms with Gasteiger partial charge in [-0.3, -0.25) is 0 Å². The molecule has 1 aromatic carbocycles. The van der Waals surface area contributed by atoms with Crippen LogP contribution in [0.4, 0.5) is 0 Å². The Labute approximate surface area is 114 Å². The van der Waals surface area contributed by atoms with Crippen LogP contribution < -0.4 is 10.1 Å². The van der Waals surface area contributed by atoms with Gasteiger partial charge in [0.05, 0.1) is 6.26 Å². The third-order valence-corrected chi connectivity index (χ3v) is 2.93. The molecule has 19 heavy (non-hydrogen) atoms. The minimum Gasteiger partial charge on any atom is -0.485 e. The SMILES string of the molecule is CCCNCc1coc(COc2ccccc2C)c1. The summed E-state index contributed by atoms with van der Waals surface area (Å²) < 4.78 is 11.2. The lowest BCUT2D eigenvalue weighted by Gasteiger charge is -2.06. The molecule has 1 heterocycles. The number of ether oxygens (including phenoxy) is 1. The average molecular weight is 259 g/mol. The molecule has 0 unspecified atom stereocenters. The van der Waals surface area contributed by atoms with E-state index < -0.39 is 0 Å². The Morgan fingerprint density at radius 3 is 2.89 bits per heavy atom. The van der Waals surface area contributed by atoms with Crippen molar-refractivity contribution < 1.29 is 9.15 Å². The molecule has 0 fully saturated rings. The number of hydrogen-bond donors (Lipinski definition) is 1. The fourth-order valence-corrected chi connectivity index (χ4v) is 1.87. The van der Waals surface area contributed by atoms with E-state index in [1.807, 2.05) is 37.3 Å². The summed E-state index contributed by atoms with van der Waals surface area (Å²) in [6.07, 6.45) is 2.93. The zero-order chi connectivity index (χ0) is 13.5. The molecule has 0 amide bonds. The molecule has 0 saturated heterocycles. The number of rotatable bonds is 7. The summed E-state index contributed by atoms with van der Waals surface area (Å²) in [7, 11) is 0. The van der Waals surface area contributed by atoms with E-state index in [0.29, 0.717) is 6.61 Å². The standard InChI is InChI=1S/C16H21NO2/c1-3-8-17-10-14-9-15(18-11-14)12-19-16-7-5-4-6-13(16)2/h4-7,9,11,17H,3,8,10,12H2,1-2H3. The van der Waals surface area contributed by atoms with Gasteiger partial charge in [0, 0.05) is 12.1 Å². The third kappa shape index (κ3) is 4.14. The van der Waals surface area contributed by atoms with Gasteiger partial charge >= 0.3 is 0 Å². The van der Waals surface area contributed by atoms with Crippen molar-refractivity contribution in [2.24, 2.45) is 0 Å². The van der Waals surface area contributed by atoms with Crippen LogP contribution in [0.1, 0.15) is 30.2 Å². The molecule has 0 radical (unpaired) electrons. The second kappa shape index (κ2) is 7.00. The monoisotopic (exact) mass is 259 g/mol. The van der Waals surface area contributed by atoms with Crippen LogP contribution in [0, 0.1) is 6.92 Å². The van der Waals surface area contributed by atoms with E-state index in [-0.39, 0.29) is 0 Å². The smallest absolute Gasteiger partial charge is 0.146 e. The lowest BCUT2D eigenvalue weighted by Crippen LogP contribution is -2.13. The van der Waals surface area contributed by atoms with Gasteiger partial charge in [-0.2, -0.15) is 0 Å². The molecule has 102 valence electrons. The molecule has 3 heteroatoms. The highest BCUT2D eigenvalue weighted by molar-refractivity contribution is 5.31. The average Bonchev–Trinajstić information content (AvgIpc) is 2.86. The first-order valence-electron chi connectivity index (χ1n) is 6.75. The number of aryl methyl sites for hydroxylation is 1. The number of benzene rings is 1. The Bertz CT molecular complexity index is 505. The highest BCUT2D eigenvalue weighted by Gasteiger charge is 2.04. The molecule has 1 N–H and O–H groups in total. The van der Waals surface area contributed by atoms with Crippen LogP contribution in [0.25, 0.3) is 0 Å². The van der Waals surface area contributed by atoms with E-state index in [1.54, 1.807) is 6.26 Å². The van der Waals surface area contributed by atoms with E-state index in [1.165, 1.54) is 0 Å². The molecule has 0 bridgehead atoms. The highest BCUT2D eigenvalue weighted by Crippen LogP contribution is 2.18. The second-order valence-electron chi connectivity index (χ2n) is 4.65. The summed E-state index contributed by atoms with van der Waals surface area (Å²) in [6.45, 7) is 6.54. The van der Waals surface area contributed by atoms with Gasteiger partial charge in [-0.15, -0.1) is 0 Å². The van der Waals surface area contributed by atoms with Crippen LogP contribution in [-0.4, -0.2) is 6.54 Å². The summed E-state index contributed by atoms with van der Waals surface area (Å²) >= 11 is 0. The molecular formula is C16H21NO2. The van der Waals surface area contributed by atoms with Gasteiger partial charge in [-0.05, 0) is 37.6 Å². The maximum absolute atomic E-state index is 5.75. The first-order valence-corrected chi connectivity index (χ1v) is 6.75. The predicted molar refractivity (Wildman–Crippen MR) is 76.2 cm³/mol. The van der Waals surface area contributed by atoms with Crippen molar-refractivity contribution in [3.63, 3.8) is 0 Å². The quantitative estimate of drug-likeness (QED) is 0.770. The first-order chi connectivity index (χ1) is 9.29. The molecule has 0 atom stereocenters.